The normalized spacial score (nSPS) is 31.0. The van der Waals surface area contributed by atoms with Crippen LogP contribution in [0.4, 0.5) is 5.82 Å². The van der Waals surface area contributed by atoms with Crippen molar-refractivity contribution in [1.29, 1.82) is 0 Å². The van der Waals surface area contributed by atoms with Crippen LogP contribution < -0.4 is 10.6 Å². The standard InChI is InChI=1S/C19H26N6O5S/c26-14-12(7-29-19(31)24-10-2-1-3-10)30-18(15(14)27)25-9-22-13-16(20-8-21-17(13)25)23-11-4-5-28-6-11/h8-12,14-15,18,26-27H,1-7H2,(H,24,31)(H,20,21,23)/t11?,12-,14-,15-,18?/m1/s1. The van der Waals surface area contributed by atoms with E-state index in [1.165, 1.54) is 19.1 Å². The van der Waals surface area contributed by atoms with Gasteiger partial charge in [0.05, 0.1) is 19.0 Å². The van der Waals surface area contributed by atoms with Crippen molar-refractivity contribution in [3.8, 4) is 0 Å². The number of imidazole rings is 1. The van der Waals surface area contributed by atoms with Crippen molar-refractivity contribution in [2.45, 2.75) is 62.3 Å². The summed E-state index contributed by atoms with van der Waals surface area (Å²) in [4.78, 5) is 13.0. The molecule has 11 nitrogen and oxygen atoms in total. The summed E-state index contributed by atoms with van der Waals surface area (Å²) in [7, 11) is 0. The number of aliphatic hydroxyl groups excluding tert-OH is 2. The van der Waals surface area contributed by atoms with Crippen LogP contribution in [0.25, 0.3) is 11.2 Å². The highest BCUT2D eigenvalue weighted by Crippen LogP contribution is 2.32. The minimum absolute atomic E-state index is 0.0311. The van der Waals surface area contributed by atoms with Crippen molar-refractivity contribution in [3.63, 3.8) is 0 Å². The van der Waals surface area contributed by atoms with E-state index in [0.29, 0.717) is 36.2 Å². The molecule has 12 heteroatoms. The molecule has 0 spiro atoms. The van der Waals surface area contributed by atoms with Gasteiger partial charge in [-0.25, -0.2) is 15.0 Å². The molecule has 2 unspecified atom stereocenters. The van der Waals surface area contributed by atoms with E-state index in [1.54, 1.807) is 4.57 Å². The van der Waals surface area contributed by atoms with Crippen LogP contribution in [0.5, 0.6) is 0 Å². The molecule has 2 aromatic heterocycles. The third-order valence-electron chi connectivity index (χ3n) is 6.05. The molecule has 4 heterocycles. The summed E-state index contributed by atoms with van der Waals surface area (Å²) in [5.74, 6) is 0.597. The molecule has 168 valence electrons. The fraction of sp³-hybridized carbons (Fsp3) is 0.684. The second-order valence-electron chi connectivity index (χ2n) is 8.17. The monoisotopic (exact) mass is 450 g/mol. The first-order chi connectivity index (χ1) is 15.1. The van der Waals surface area contributed by atoms with Gasteiger partial charge in [0.15, 0.2) is 23.2 Å². The Morgan fingerprint density at radius 2 is 2.06 bits per heavy atom. The number of hydrogen-bond donors (Lipinski definition) is 4. The summed E-state index contributed by atoms with van der Waals surface area (Å²) in [5.41, 5.74) is 1.06. The zero-order valence-corrected chi connectivity index (χ0v) is 17.7. The fourth-order valence-corrected chi connectivity index (χ4v) is 4.24. The lowest BCUT2D eigenvalue weighted by molar-refractivity contribution is -0.0492. The maximum absolute atomic E-state index is 10.6. The SMILES string of the molecule is O[C@@H]1[C@@H](COC(=S)NC2CCC2)OC(n2cnc3c(NC4CCOC4)ncnc32)[C@@H]1O. The first kappa shape index (κ1) is 20.8. The van der Waals surface area contributed by atoms with Gasteiger partial charge in [0.1, 0.15) is 31.2 Å². The molecule has 5 atom stereocenters. The molecular weight excluding hydrogens is 424 g/mol. The summed E-state index contributed by atoms with van der Waals surface area (Å²) in [6.45, 7) is 1.36. The van der Waals surface area contributed by atoms with Crippen molar-refractivity contribution in [1.82, 2.24) is 24.8 Å². The number of thiocarbonyl (C=S) groups is 1. The number of nitrogens with one attached hydrogen (secondary N) is 2. The van der Waals surface area contributed by atoms with Crippen LogP contribution in [0.2, 0.25) is 0 Å². The van der Waals surface area contributed by atoms with E-state index in [2.05, 4.69) is 25.6 Å². The van der Waals surface area contributed by atoms with Crippen LogP contribution in [-0.2, 0) is 14.2 Å². The van der Waals surface area contributed by atoms with Crippen LogP contribution in [-0.4, -0.2) is 85.1 Å². The fourth-order valence-electron chi connectivity index (χ4n) is 4.00. The Bertz CT molecular complexity index is 934. The molecule has 2 aliphatic heterocycles. The predicted octanol–water partition coefficient (Wildman–Crippen LogP) is 0.0899. The van der Waals surface area contributed by atoms with Crippen LogP contribution in [0, 0.1) is 0 Å². The summed E-state index contributed by atoms with van der Waals surface area (Å²) in [6.07, 6.45) is 3.28. The predicted molar refractivity (Wildman–Crippen MR) is 113 cm³/mol. The van der Waals surface area contributed by atoms with Gasteiger partial charge in [-0.1, -0.05) is 0 Å². The summed E-state index contributed by atoms with van der Waals surface area (Å²) < 4.78 is 18.5. The van der Waals surface area contributed by atoms with Gasteiger partial charge in [-0.05, 0) is 37.9 Å². The van der Waals surface area contributed by atoms with Gasteiger partial charge in [-0.15, -0.1) is 0 Å². The van der Waals surface area contributed by atoms with Gasteiger partial charge >= 0.3 is 0 Å². The average Bonchev–Trinajstić information content (AvgIpc) is 3.45. The van der Waals surface area contributed by atoms with E-state index in [0.717, 1.165) is 19.3 Å². The molecule has 31 heavy (non-hydrogen) atoms. The van der Waals surface area contributed by atoms with E-state index < -0.39 is 24.5 Å². The molecule has 1 saturated carbocycles. The number of fused-ring (bicyclic) bond motifs is 1. The maximum Gasteiger partial charge on any atom is 0.256 e. The molecule has 2 aromatic rings. The Kier molecular flexibility index (Phi) is 5.89. The van der Waals surface area contributed by atoms with Crippen molar-refractivity contribution >= 4 is 34.4 Å². The van der Waals surface area contributed by atoms with Gasteiger partial charge in [0.2, 0.25) is 0 Å². The first-order valence-corrected chi connectivity index (χ1v) is 11.0. The number of anilines is 1. The lowest BCUT2D eigenvalue weighted by Gasteiger charge is -2.27. The Labute approximate surface area is 184 Å². The Hall–Kier alpha value is -2.12. The van der Waals surface area contributed by atoms with Gasteiger partial charge in [-0.3, -0.25) is 4.57 Å². The molecule has 5 rings (SSSR count). The Balaban J connectivity index is 1.27. The lowest BCUT2D eigenvalue weighted by atomic mass is 9.93. The molecule has 0 aromatic carbocycles. The molecule has 0 bridgehead atoms. The van der Waals surface area contributed by atoms with Gasteiger partial charge in [0, 0.05) is 12.6 Å². The van der Waals surface area contributed by atoms with E-state index in [9.17, 15) is 10.2 Å². The van der Waals surface area contributed by atoms with Gasteiger partial charge < -0.3 is 35.1 Å². The molecule has 2 saturated heterocycles. The quantitative estimate of drug-likeness (QED) is 0.446. The zero-order chi connectivity index (χ0) is 21.4. The number of nitrogens with zero attached hydrogens (tertiary/aromatic N) is 4. The lowest BCUT2D eigenvalue weighted by Crippen LogP contribution is -2.41. The molecule has 0 radical (unpaired) electrons. The molecule has 4 N–H and O–H groups in total. The van der Waals surface area contributed by atoms with E-state index >= 15 is 0 Å². The summed E-state index contributed by atoms with van der Waals surface area (Å²) in [5, 5.41) is 27.8. The maximum atomic E-state index is 10.6. The smallest absolute Gasteiger partial charge is 0.256 e. The highest BCUT2D eigenvalue weighted by molar-refractivity contribution is 7.80. The zero-order valence-electron chi connectivity index (χ0n) is 16.9. The summed E-state index contributed by atoms with van der Waals surface area (Å²) >= 11 is 5.20. The highest BCUT2D eigenvalue weighted by atomic mass is 32.1. The van der Waals surface area contributed by atoms with Crippen LogP contribution in [0.15, 0.2) is 12.7 Å². The number of rotatable bonds is 6. The minimum Gasteiger partial charge on any atom is -0.468 e. The van der Waals surface area contributed by atoms with Crippen molar-refractivity contribution < 1.29 is 24.4 Å². The number of aliphatic hydroxyl groups is 2. The third kappa shape index (κ3) is 4.17. The van der Waals surface area contributed by atoms with Crippen LogP contribution >= 0.6 is 12.2 Å². The van der Waals surface area contributed by atoms with Crippen molar-refractivity contribution in [3.05, 3.63) is 12.7 Å². The first-order valence-electron chi connectivity index (χ1n) is 10.6. The van der Waals surface area contributed by atoms with Gasteiger partial charge in [0.25, 0.3) is 5.17 Å². The number of hydrogen-bond acceptors (Lipinski definition) is 10. The van der Waals surface area contributed by atoms with Crippen molar-refractivity contribution in [2.24, 2.45) is 0 Å². The van der Waals surface area contributed by atoms with Crippen molar-refractivity contribution in [2.75, 3.05) is 25.1 Å². The van der Waals surface area contributed by atoms with E-state index in [4.69, 9.17) is 26.4 Å². The van der Waals surface area contributed by atoms with Gasteiger partial charge in [-0.2, -0.15) is 0 Å². The minimum atomic E-state index is -1.17. The molecule has 1 aliphatic carbocycles. The molecule has 3 aliphatic rings. The molecular formula is C19H26N6O5S. The molecule has 0 amide bonds. The number of aromatic nitrogens is 4. The second kappa shape index (κ2) is 8.79. The van der Waals surface area contributed by atoms with E-state index in [1.807, 2.05) is 0 Å². The number of ether oxygens (including phenoxy) is 3. The van der Waals surface area contributed by atoms with E-state index in [-0.39, 0.29) is 17.8 Å². The topological polar surface area (TPSA) is 136 Å². The second-order valence-corrected chi connectivity index (χ2v) is 8.54. The third-order valence-corrected chi connectivity index (χ3v) is 6.28. The summed E-state index contributed by atoms with van der Waals surface area (Å²) in [6, 6.07) is 0.521. The molecule has 3 fully saturated rings. The van der Waals surface area contributed by atoms with Crippen LogP contribution in [0.3, 0.4) is 0 Å². The largest absolute Gasteiger partial charge is 0.468 e. The highest BCUT2D eigenvalue weighted by Gasteiger charge is 2.45. The Morgan fingerprint density at radius 1 is 1.19 bits per heavy atom. The Morgan fingerprint density at radius 3 is 2.81 bits per heavy atom. The van der Waals surface area contributed by atoms with Crippen LogP contribution in [0.1, 0.15) is 31.9 Å². The average molecular weight is 451 g/mol.